The van der Waals surface area contributed by atoms with Crippen LogP contribution in [-0.4, -0.2) is 21.0 Å². The molecule has 0 aliphatic heterocycles. The smallest absolute Gasteiger partial charge is 0.159 e. The van der Waals surface area contributed by atoms with Crippen molar-refractivity contribution >= 4 is 0 Å². The molecule has 0 radical (unpaired) electrons. The fourth-order valence-electron chi connectivity index (χ4n) is 2.53. The molecule has 21 heavy (non-hydrogen) atoms. The van der Waals surface area contributed by atoms with E-state index in [0.717, 1.165) is 35.5 Å². The highest BCUT2D eigenvalue weighted by atomic mass is 19.2. The molecule has 3 nitrogen and oxygen atoms in total. The summed E-state index contributed by atoms with van der Waals surface area (Å²) in [7, 11) is 1.89. The van der Waals surface area contributed by atoms with Crippen LogP contribution in [-0.2, 0) is 19.9 Å². The maximum atomic E-state index is 13.1. The molecule has 0 fully saturated rings. The molecule has 114 valence electrons. The fourth-order valence-corrected chi connectivity index (χ4v) is 2.53. The van der Waals surface area contributed by atoms with Crippen LogP contribution < -0.4 is 0 Å². The first-order valence-electron chi connectivity index (χ1n) is 6.99. The number of rotatable bonds is 5. The number of aromatic nitrogens is 2. The van der Waals surface area contributed by atoms with Crippen molar-refractivity contribution in [2.45, 2.75) is 39.2 Å². The molecule has 2 aromatic rings. The molecule has 1 N–H and O–H groups in total. The largest absolute Gasteiger partial charge is 0.393 e. The van der Waals surface area contributed by atoms with Crippen molar-refractivity contribution in [2.24, 2.45) is 7.05 Å². The van der Waals surface area contributed by atoms with Crippen molar-refractivity contribution < 1.29 is 13.9 Å². The van der Waals surface area contributed by atoms with Crippen LogP contribution >= 0.6 is 0 Å². The lowest BCUT2D eigenvalue weighted by molar-refractivity contribution is 0.165. The summed E-state index contributed by atoms with van der Waals surface area (Å²) in [4.78, 5) is 0. The van der Waals surface area contributed by atoms with Crippen molar-refractivity contribution in [3.8, 4) is 0 Å². The summed E-state index contributed by atoms with van der Waals surface area (Å²) in [5, 5.41) is 14.4. The van der Waals surface area contributed by atoms with Crippen LogP contribution in [0, 0.1) is 25.5 Å². The lowest BCUT2D eigenvalue weighted by Gasteiger charge is -2.11. The van der Waals surface area contributed by atoms with Crippen molar-refractivity contribution in [1.82, 2.24) is 9.78 Å². The summed E-state index contributed by atoms with van der Waals surface area (Å²) in [5.74, 6) is -1.74. The van der Waals surface area contributed by atoms with E-state index in [0.29, 0.717) is 18.4 Å². The lowest BCUT2D eigenvalue weighted by atomic mass is 10.0. The second-order valence-electron chi connectivity index (χ2n) is 5.42. The minimum atomic E-state index is -0.876. The van der Waals surface area contributed by atoms with Gasteiger partial charge in [-0.05, 0) is 56.4 Å². The van der Waals surface area contributed by atoms with Crippen LogP contribution in [0.15, 0.2) is 18.2 Å². The molecule has 2 rings (SSSR count). The molecular weight excluding hydrogens is 274 g/mol. The zero-order valence-electron chi connectivity index (χ0n) is 12.5. The van der Waals surface area contributed by atoms with Gasteiger partial charge in [0.1, 0.15) is 0 Å². The maximum Gasteiger partial charge on any atom is 0.159 e. The maximum absolute atomic E-state index is 13.1. The van der Waals surface area contributed by atoms with Crippen molar-refractivity contribution in [3.05, 3.63) is 52.3 Å². The molecule has 0 bridgehead atoms. The van der Waals surface area contributed by atoms with Crippen LogP contribution in [0.2, 0.25) is 0 Å². The Balaban J connectivity index is 1.95. The molecule has 1 aromatic carbocycles. The predicted octanol–water partition coefficient (Wildman–Crippen LogP) is 2.85. The van der Waals surface area contributed by atoms with Crippen LogP contribution in [0.1, 0.15) is 28.9 Å². The number of hydrogen-bond acceptors (Lipinski definition) is 2. The Morgan fingerprint density at radius 3 is 2.52 bits per heavy atom. The highest BCUT2D eigenvalue weighted by molar-refractivity contribution is 5.24. The van der Waals surface area contributed by atoms with Gasteiger partial charge in [0.25, 0.3) is 0 Å². The van der Waals surface area contributed by atoms with Gasteiger partial charge in [-0.3, -0.25) is 4.68 Å². The molecule has 0 saturated carbocycles. The van der Waals surface area contributed by atoms with Gasteiger partial charge in [0.15, 0.2) is 11.6 Å². The van der Waals surface area contributed by atoms with Crippen molar-refractivity contribution in [1.29, 1.82) is 0 Å². The molecule has 0 amide bonds. The van der Waals surface area contributed by atoms with Crippen LogP contribution in [0.3, 0.4) is 0 Å². The number of benzene rings is 1. The Labute approximate surface area is 123 Å². The first-order chi connectivity index (χ1) is 9.88. The first kappa shape index (κ1) is 15.6. The van der Waals surface area contributed by atoms with Crippen LogP contribution in [0.5, 0.6) is 0 Å². The van der Waals surface area contributed by atoms with E-state index < -0.39 is 17.7 Å². The molecule has 1 aromatic heterocycles. The molecule has 1 unspecified atom stereocenters. The third-order valence-electron chi connectivity index (χ3n) is 3.84. The minimum Gasteiger partial charge on any atom is -0.393 e. The van der Waals surface area contributed by atoms with Crippen LogP contribution in [0.4, 0.5) is 8.78 Å². The molecular formula is C16H20F2N2O. The van der Waals surface area contributed by atoms with Gasteiger partial charge in [0, 0.05) is 12.7 Å². The molecule has 1 heterocycles. The SMILES string of the molecule is Cc1nn(C)c(C)c1CCC(O)Cc1ccc(F)c(F)c1. The number of hydrogen-bond donors (Lipinski definition) is 1. The van der Waals surface area contributed by atoms with E-state index >= 15 is 0 Å². The average Bonchev–Trinajstić information content (AvgIpc) is 2.66. The highest BCUT2D eigenvalue weighted by Gasteiger charge is 2.13. The van der Waals surface area contributed by atoms with Crippen LogP contribution in [0.25, 0.3) is 0 Å². The summed E-state index contributed by atoms with van der Waals surface area (Å²) in [6.07, 6.45) is 1.01. The summed E-state index contributed by atoms with van der Waals surface area (Å²) in [5.41, 5.74) is 3.80. The van der Waals surface area contributed by atoms with E-state index in [4.69, 9.17) is 0 Å². The van der Waals surface area contributed by atoms with Gasteiger partial charge in [0.2, 0.25) is 0 Å². The van der Waals surface area contributed by atoms with E-state index in [1.807, 2.05) is 25.6 Å². The van der Waals surface area contributed by atoms with Gasteiger partial charge < -0.3 is 5.11 Å². The Morgan fingerprint density at radius 2 is 1.95 bits per heavy atom. The molecule has 0 saturated heterocycles. The van der Waals surface area contributed by atoms with E-state index in [-0.39, 0.29) is 0 Å². The summed E-state index contributed by atoms with van der Waals surface area (Å²) in [6, 6.07) is 3.73. The van der Waals surface area contributed by atoms with Gasteiger partial charge in [-0.2, -0.15) is 5.10 Å². The van der Waals surface area contributed by atoms with Crippen molar-refractivity contribution in [2.75, 3.05) is 0 Å². The first-order valence-corrected chi connectivity index (χ1v) is 6.99. The van der Waals surface area contributed by atoms with Gasteiger partial charge >= 0.3 is 0 Å². The Hall–Kier alpha value is -1.75. The van der Waals surface area contributed by atoms with Gasteiger partial charge in [-0.1, -0.05) is 6.07 Å². The second kappa shape index (κ2) is 6.35. The molecule has 0 aliphatic rings. The fraction of sp³-hybridized carbons (Fsp3) is 0.438. The summed E-state index contributed by atoms with van der Waals surface area (Å²) < 4.78 is 27.8. The Morgan fingerprint density at radius 1 is 1.24 bits per heavy atom. The molecule has 0 spiro atoms. The summed E-state index contributed by atoms with van der Waals surface area (Å²) in [6.45, 7) is 3.95. The lowest BCUT2D eigenvalue weighted by Crippen LogP contribution is -2.12. The normalized spacial score (nSPS) is 12.7. The molecule has 1 atom stereocenters. The highest BCUT2D eigenvalue weighted by Crippen LogP contribution is 2.17. The standard InChI is InChI=1S/C16H20F2N2O/c1-10-14(11(2)20(3)19-10)6-5-13(21)8-12-4-7-15(17)16(18)9-12/h4,7,9,13,21H,5-6,8H2,1-3H3. The van der Waals surface area contributed by atoms with Gasteiger partial charge in [-0.15, -0.1) is 0 Å². The minimum absolute atomic E-state index is 0.315. The molecule has 5 heteroatoms. The average molecular weight is 294 g/mol. The zero-order valence-corrected chi connectivity index (χ0v) is 12.5. The van der Waals surface area contributed by atoms with Gasteiger partial charge in [-0.25, -0.2) is 8.78 Å². The monoisotopic (exact) mass is 294 g/mol. The molecule has 0 aliphatic carbocycles. The van der Waals surface area contributed by atoms with E-state index in [9.17, 15) is 13.9 Å². The van der Waals surface area contributed by atoms with E-state index in [1.165, 1.54) is 6.07 Å². The van der Waals surface area contributed by atoms with Gasteiger partial charge in [0.05, 0.1) is 11.8 Å². The third-order valence-corrected chi connectivity index (χ3v) is 3.84. The number of aliphatic hydroxyl groups is 1. The Kier molecular flexibility index (Phi) is 4.73. The quantitative estimate of drug-likeness (QED) is 0.921. The Bertz CT molecular complexity index is 637. The number of halogens is 2. The zero-order chi connectivity index (χ0) is 15.6. The predicted molar refractivity (Wildman–Crippen MR) is 77.1 cm³/mol. The number of aryl methyl sites for hydroxylation is 2. The summed E-state index contributed by atoms with van der Waals surface area (Å²) >= 11 is 0. The van der Waals surface area contributed by atoms with Crippen molar-refractivity contribution in [3.63, 3.8) is 0 Å². The number of aliphatic hydroxyl groups excluding tert-OH is 1. The number of nitrogens with zero attached hydrogens (tertiary/aromatic N) is 2. The van der Waals surface area contributed by atoms with E-state index in [1.54, 1.807) is 0 Å². The topological polar surface area (TPSA) is 38.0 Å². The second-order valence-corrected chi connectivity index (χ2v) is 5.42. The third kappa shape index (κ3) is 3.67. The van der Waals surface area contributed by atoms with E-state index in [2.05, 4.69) is 5.10 Å².